The summed E-state index contributed by atoms with van der Waals surface area (Å²) in [6.07, 6.45) is 1.06. The second-order valence-corrected chi connectivity index (χ2v) is 5.09. The van der Waals surface area contributed by atoms with Gasteiger partial charge in [0, 0.05) is 11.8 Å². The van der Waals surface area contributed by atoms with Gasteiger partial charge in [-0.25, -0.2) is 13.6 Å². The van der Waals surface area contributed by atoms with Crippen molar-refractivity contribution in [2.75, 3.05) is 12.3 Å². The molecular weight excluding hydrogens is 266 g/mol. The van der Waals surface area contributed by atoms with Crippen LogP contribution in [0.3, 0.4) is 0 Å². The Kier molecular flexibility index (Phi) is 5.03. The smallest absolute Gasteiger partial charge is 0.340 e. The number of rotatable bonds is 5. The molecule has 2 N–H and O–H groups in total. The number of esters is 1. The summed E-state index contributed by atoms with van der Waals surface area (Å²) in [5.74, 6) is -3.08. The van der Waals surface area contributed by atoms with Crippen LogP contribution in [0.1, 0.15) is 37.0 Å². The fourth-order valence-electron chi connectivity index (χ4n) is 1.55. The van der Waals surface area contributed by atoms with E-state index >= 15 is 0 Å². The van der Waals surface area contributed by atoms with Crippen molar-refractivity contribution in [2.45, 2.75) is 26.7 Å². The molecule has 0 aliphatic heterocycles. The second-order valence-electron chi connectivity index (χ2n) is 5.09. The van der Waals surface area contributed by atoms with Crippen LogP contribution in [0.4, 0.5) is 14.5 Å². The number of hydrogen-bond acceptors (Lipinski definition) is 4. The molecule has 0 fully saturated rings. The molecule has 0 radical (unpaired) electrons. The summed E-state index contributed by atoms with van der Waals surface area (Å²) in [6, 6.07) is 3.59. The van der Waals surface area contributed by atoms with Gasteiger partial charge in [0.05, 0.1) is 23.7 Å². The lowest BCUT2D eigenvalue weighted by Crippen LogP contribution is -2.13. The molecule has 4 nitrogen and oxygen atoms in total. The summed E-state index contributed by atoms with van der Waals surface area (Å²) in [5, 5.41) is 8.82. The van der Waals surface area contributed by atoms with E-state index in [2.05, 4.69) is 6.07 Å². The van der Waals surface area contributed by atoms with Gasteiger partial charge in [0.15, 0.2) is 11.6 Å². The average molecular weight is 282 g/mol. The van der Waals surface area contributed by atoms with Gasteiger partial charge in [0.25, 0.3) is 0 Å². The molecule has 0 atom stereocenters. The summed E-state index contributed by atoms with van der Waals surface area (Å²) in [4.78, 5) is 11.7. The van der Waals surface area contributed by atoms with Crippen molar-refractivity contribution in [3.8, 4) is 6.07 Å². The molecule has 1 rings (SSSR count). The Bertz CT molecular complexity index is 551. The largest absolute Gasteiger partial charge is 0.462 e. The van der Waals surface area contributed by atoms with Crippen molar-refractivity contribution in [3.63, 3.8) is 0 Å². The van der Waals surface area contributed by atoms with Gasteiger partial charge >= 0.3 is 5.97 Å². The second kappa shape index (κ2) is 6.33. The molecule has 0 unspecified atom stereocenters. The van der Waals surface area contributed by atoms with Crippen molar-refractivity contribution in [3.05, 3.63) is 29.3 Å². The molecule has 0 saturated heterocycles. The third kappa shape index (κ3) is 4.19. The zero-order chi connectivity index (χ0) is 15.3. The summed E-state index contributed by atoms with van der Waals surface area (Å²) < 4.78 is 30.8. The van der Waals surface area contributed by atoms with Gasteiger partial charge in [-0.15, -0.1) is 0 Å². The highest BCUT2D eigenvalue weighted by atomic mass is 19.2. The number of anilines is 1. The van der Waals surface area contributed by atoms with Gasteiger partial charge in [-0.1, -0.05) is 0 Å². The van der Waals surface area contributed by atoms with Gasteiger partial charge in [-0.3, -0.25) is 0 Å². The van der Waals surface area contributed by atoms with E-state index in [4.69, 9.17) is 15.7 Å². The highest BCUT2D eigenvalue weighted by Crippen LogP contribution is 2.21. The molecule has 108 valence electrons. The van der Waals surface area contributed by atoms with Crippen LogP contribution in [-0.4, -0.2) is 12.6 Å². The molecule has 20 heavy (non-hydrogen) atoms. The number of nitrogen functional groups attached to an aromatic ring is 1. The minimum absolute atomic E-state index is 0.0857. The maximum Gasteiger partial charge on any atom is 0.340 e. The highest BCUT2D eigenvalue weighted by molar-refractivity contribution is 5.95. The Morgan fingerprint density at radius 1 is 1.40 bits per heavy atom. The van der Waals surface area contributed by atoms with Crippen LogP contribution >= 0.6 is 0 Å². The van der Waals surface area contributed by atoms with E-state index in [0.29, 0.717) is 18.9 Å². The number of nitrogens with zero attached hydrogens (tertiary/aromatic N) is 1. The third-order valence-corrected chi connectivity index (χ3v) is 2.79. The number of nitrogens with two attached hydrogens (primary N) is 1. The summed E-state index contributed by atoms with van der Waals surface area (Å²) in [6.45, 7) is 3.65. The van der Waals surface area contributed by atoms with Crippen LogP contribution in [0.2, 0.25) is 0 Å². The highest BCUT2D eigenvalue weighted by Gasteiger charge is 2.18. The summed E-state index contributed by atoms with van der Waals surface area (Å²) in [5.41, 5.74) is 4.56. The normalized spacial score (nSPS) is 10.9. The molecule has 0 aromatic heterocycles. The van der Waals surface area contributed by atoms with Crippen LogP contribution < -0.4 is 5.73 Å². The number of benzene rings is 1. The SMILES string of the molecule is CC(C)(C#N)CCCOC(=O)c1cc(F)c(F)cc1N. The Labute approximate surface area is 116 Å². The predicted molar refractivity (Wildman–Crippen MR) is 69.7 cm³/mol. The van der Waals surface area contributed by atoms with E-state index in [1.807, 2.05) is 0 Å². The topological polar surface area (TPSA) is 76.1 Å². The maximum atomic E-state index is 13.0. The zero-order valence-electron chi connectivity index (χ0n) is 11.4. The monoisotopic (exact) mass is 282 g/mol. The molecule has 0 saturated carbocycles. The lowest BCUT2D eigenvalue weighted by Gasteiger charge is -2.14. The van der Waals surface area contributed by atoms with Crippen molar-refractivity contribution in [2.24, 2.45) is 5.41 Å². The zero-order valence-corrected chi connectivity index (χ0v) is 11.4. The van der Waals surface area contributed by atoms with Crippen molar-refractivity contribution >= 4 is 11.7 Å². The van der Waals surface area contributed by atoms with E-state index in [9.17, 15) is 13.6 Å². The van der Waals surface area contributed by atoms with Crippen LogP contribution in [-0.2, 0) is 4.74 Å². The Morgan fingerprint density at radius 2 is 2.00 bits per heavy atom. The van der Waals surface area contributed by atoms with Crippen LogP contribution in [0.5, 0.6) is 0 Å². The first-order chi connectivity index (χ1) is 9.26. The standard InChI is InChI=1S/C14H16F2N2O2/c1-14(2,8-17)4-3-5-20-13(19)9-6-10(15)11(16)7-12(9)18/h6-7H,3-5,18H2,1-2H3. The van der Waals surface area contributed by atoms with Gasteiger partial charge in [-0.05, 0) is 32.8 Å². The van der Waals surface area contributed by atoms with Gasteiger partial charge < -0.3 is 10.5 Å². The number of halogens is 2. The minimum atomic E-state index is -1.16. The first-order valence-corrected chi connectivity index (χ1v) is 6.10. The van der Waals surface area contributed by atoms with E-state index in [-0.39, 0.29) is 17.9 Å². The average Bonchev–Trinajstić information content (AvgIpc) is 2.38. The van der Waals surface area contributed by atoms with Crippen LogP contribution in [0.15, 0.2) is 12.1 Å². The van der Waals surface area contributed by atoms with Crippen LogP contribution in [0.25, 0.3) is 0 Å². The van der Waals surface area contributed by atoms with Gasteiger partial charge in [0.1, 0.15) is 0 Å². The first-order valence-electron chi connectivity index (χ1n) is 6.10. The van der Waals surface area contributed by atoms with E-state index < -0.39 is 23.0 Å². The predicted octanol–water partition coefficient (Wildman–Crippen LogP) is 3.03. The van der Waals surface area contributed by atoms with Crippen molar-refractivity contribution < 1.29 is 18.3 Å². The minimum Gasteiger partial charge on any atom is -0.462 e. The molecule has 1 aromatic carbocycles. The maximum absolute atomic E-state index is 13.0. The van der Waals surface area contributed by atoms with Crippen molar-refractivity contribution in [1.82, 2.24) is 0 Å². The summed E-state index contributed by atoms with van der Waals surface area (Å²) in [7, 11) is 0. The molecule has 1 aromatic rings. The molecule has 0 bridgehead atoms. The lowest BCUT2D eigenvalue weighted by atomic mass is 9.90. The van der Waals surface area contributed by atoms with E-state index in [1.165, 1.54) is 0 Å². The third-order valence-electron chi connectivity index (χ3n) is 2.79. The molecule has 0 amide bonds. The molecular formula is C14H16F2N2O2. The number of carbonyl (C=O) groups is 1. The fraction of sp³-hybridized carbons (Fsp3) is 0.429. The molecule has 0 heterocycles. The molecule has 0 aliphatic carbocycles. The Morgan fingerprint density at radius 3 is 2.60 bits per heavy atom. The van der Waals surface area contributed by atoms with Crippen LogP contribution in [0, 0.1) is 28.4 Å². The quantitative estimate of drug-likeness (QED) is 0.511. The Balaban J connectivity index is 2.57. The van der Waals surface area contributed by atoms with Gasteiger partial charge in [-0.2, -0.15) is 5.26 Å². The first kappa shape index (κ1) is 15.9. The number of hydrogen-bond donors (Lipinski definition) is 1. The van der Waals surface area contributed by atoms with Gasteiger partial charge in [0.2, 0.25) is 0 Å². The molecule has 0 aliphatic rings. The number of carbonyl (C=O) groups excluding carboxylic acids is 1. The van der Waals surface area contributed by atoms with Crippen molar-refractivity contribution in [1.29, 1.82) is 5.26 Å². The van der Waals surface area contributed by atoms with E-state index in [0.717, 1.165) is 6.07 Å². The fourth-order valence-corrected chi connectivity index (χ4v) is 1.55. The summed E-state index contributed by atoms with van der Waals surface area (Å²) >= 11 is 0. The lowest BCUT2D eigenvalue weighted by molar-refractivity contribution is 0.0491. The number of nitriles is 1. The number of ether oxygens (including phenoxy) is 1. The molecule has 0 spiro atoms. The van der Waals surface area contributed by atoms with E-state index in [1.54, 1.807) is 13.8 Å². The Hall–Kier alpha value is -2.16. The molecule has 6 heteroatoms.